The highest BCUT2D eigenvalue weighted by molar-refractivity contribution is 5.45. The molecule has 1 saturated heterocycles. The van der Waals surface area contributed by atoms with Gasteiger partial charge in [-0.2, -0.15) is 17.6 Å². The molecule has 1 fully saturated rings. The Morgan fingerprint density at radius 3 is 2.38 bits per heavy atom. The van der Waals surface area contributed by atoms with E-state index in [1.807, 2.05) is 30.3 Å². The molecule has 0 bridgehead atoms. The van der Waals surface area contributed by atoms with E-state index in [1.165, 1.54) is 26.0 Å². The predicted molar refractivity (Wildman–Crippen MR) is 133 cm³/mol. The topological polar surface area (TPSA) is 60.8 Å². The number of nitrogens with zero attached hydrogens (tertiary/aromatic N) is 1. The molecular weight excluding hydrogens is 521 g/mol. The number of rotatable bonds is 7. The normalized spacial score (nSPS) is 24.0. The largest absolute Gasteiger partial charge is 0.493 e. The number of aromatic nitrogens is 1. The highest BCUT2D eigenvalue weighted by Crippen LogP contribution is 2.59. The number of ether oxygens (including phenoxy) is 3. The zero-order valence-electron chi connectivity index (χ0n) is 22.1. The summed E-state index contributed by atoms with van der Waals surface area (Å²) in [4.78, 5) is 4.50. The summed E-state index contributed by atoms with van der Waals surface area (Å²) in [6.45, 7) is 5.55. The molecule has 0 amide bonds. The Hall–Kier alpha value is -3.24. The van der Waals surface area contributed by atoms with Crippen LogP contribution in [0.5, 0.6) is 11.5 Å². The van der Waals surface area contributed by atoms with E-state index in [4.69, 9.17) is 14.2 Å². The maximum atomic E-state index is 14.7. The first-order valence-corrected chi connectivity index (χ1v) is 12.4. The summed E-state index contributed by atoms with van der Waals surface area (Å²) >= 11 is 0. The second kappa shape index (κ2) is 10.7. The van der Waals surface area contributed by atoms with Gasteiger partial charge in [0.1, 0.15) is 18.5 Å². The van der Waals surface area contributed by atoms with E-state index in [-0.39, 0.29) is 23.6 Å². The average Bonchev–Trinajstić information content (AvgIpc) is 3.16. The summed E-state index contributed by atoms with van der Waals surface area (Å²) in [5.74, 6) is -5.12. The number of hydrogen-bond donors (Lipinski definition) is 1. The van der Waals surface area contributed by atoms with Crippen LogP contribution in [0, 0.1) is 24.5 Å². The van der Waals surface area contributed by atoms with Gasteiger partial charge >= 0.3 is 6.18 Å². The van der Waals surface area contributed by atoms with Crippen LogP contribution in [0.2, 0.25) is 0 Å². The highest BCUT2D eigenvalue weighted by atomic mass is 19.4. The Kier molecular flexibility index (Phi) is 7.91. The molecule has 2 aromatic carbocycles. The molecule has 1 aliphatic heterocycles. The van der Waals surface area contributed by atoms with Crippen molar-refractivity contribution in [2.45, 2.75) is 64.2 Å². The molecule has 0 saturated carbocycles. The molecule has 5 nitrogen and oxygen atoms in total. The number of aryl methyl sites for hydroxylation is 1. The molecule has 0 spiro atoms. The Balaban J connectivity index is 1.87. The molecule has 39 heavy (non-hydrogen) atoms. The molecule has 1 N–H and O–H groups in total. The summed E-state index contributed by atoms with van der Waals surface area (Å²) in [5.41, 5.74) is -0.976. The minimum atomic E-state index is -4.79. The third-order valence-electron chi connectivity index (χ3n) is 7.49. The van der Waals surface area contributed by atoms with E-state index in [0.717, 1.165) is 25.7 Å². The van der Waals surface area contributed by atoms with E-state index in [9.17, 15) is 27.1 Å². The van der Waals surface area contributed by atoms with Crippen molar-refractivity contribution in [2.24, 2.45) is 5.92 Å². The summed E-state index contributed by atoms with van der Waals surface area (Å²) in [6.07, 6.45) is -7.10. The number of alkyl halides is 3. The van der Waals surface area contributed by atoms with E-state index in [1.54, 1.807) is 6.92 Å². The van der Waals surface area contributed by atoms with Crippen molar-refractivity contribution in [1.29, 1.82) is 0 Å². The lowest BCUT2D eigenvalue weighted by atomic mass is 9.76. The van der Waals surface area contributed by atoms with Gasteiger partial charge in [0.2, 0.25) is 5.82 Å². The van der Waals surface area contributed by atoms with Crippen molar-refractivity contribution in [2.75, 3.05) is 7.11 Å². The Labute approximate surface area is 223 Å². The number of pyridine rings is 1. The van der Waals surface area contributed by atoms with Crippen LogP contribution in [-0.4, -0.2) is 29.0 Å². The summed E-state index contributed by atoms with van der Waals surface area (Å²) < 4.78 is 88.7. The van der Waals surface area contributed by atoms with Gasteiger partial charge in [0.15, 0.2) is 17.2 Å². The van der Waals surface area contributed by atoms with Gasteiger partial charge in [0, 0.05) is 34.7 Å². The summed E-state index contributed by atoms with van der Waals surface area (Å²) in [7, 11) is 1.12. The molecule has 1 aliphatic rings. The number of halogens is 5. The number of aliphatic hydroxyl groups excluding tert-OH is 1. The first-order valence-electron chi connectivity index (χ1n) is 12.4. The van der Waals surface area contributed by atoms with Crippen molar-refractivity contribution in [3.8, 4) is 11.5 Å². The smallest absolute Gasteiger partial charge is 0.417 e. The van der Waals surface area contributed by atoms with Crippen LogP contribution >= 0.6 is 0 Å². The lowest BCUT2D eigenvalue weighted by Gasteiger charge is -2.32. The summed E-state index contributed by atoms with van der Waals surface area (Å²) in [6, 6.07) is 12.7. The minimum Gasteiger partial charge on any atom is -0.493 e. The zero-order valence-corrected chi connectivity index (χ0v) is 22.1. The fraction of sp³-hybridized carbons (Fsp3) is 0.414. The standard InChI is InChI=1S/C29H30F5NO4/c1-15-23(19-11-12-20(30)25(31)26(19)37-5)27(39-28(15,4)29(32,33)34)21-13-22(24(17(3)36)16(2)35-21)38-14-18-9-7-6-8-10-18/h6-13,15,17,23,27,36H,14H2,1-5H3/t15-,17+,23-,27-,28+/m0/s1. The Morgan fingerprint density at radius 2 is 1.79 bits per heavy atom. The van der Waals surface area contributed by atoms with Crippen LogP contribution in [0.1, 0.15) is 67.0 Å². The van der Waals surface area contributed by atoms with Gasteiger partial charge in [-0.05, 0) is 32.4 Å². The predicted octanol–water partition coefficient (Wildman–Crippen LogP) is 7.12. The first-order chi connectivity index (χ1) is 18.3. The van der Waals surface area contributed by atoms with Gasteiger partial charge in [0.05, 0.1) is 18.9 Å². The van der Waals surface area contributed by atoms with E-state index >= 15 is 0 Å². The van der Waals surface area contributed by atoms with Crippen molar-refractivity contribution in [3.63, 3.8) is 0 Å². The SMILES string of the molecule is COc1c([C@H]2[C@H](c3cc(OCc4ccccc4)c([C@@H](C)O)c(C)n3)O[C@@](C)(C(F)(F)F)[C@H]2C)ccc(F)c1F. The van der Waals surface area contributed by atoms with Gasteiger partial charge < -0.3 is 19.3 Å². The fourth-order valence-corrected chi connectivity index (χ4v) is 5.25. The molecular formula is C29H30F5NO4. The second-order valence-electron chi connectivity index (χ2n) is 9.94. The highest BCUT2D eigenvalue weighted by Gasteiger charge is 2.65. The average molecular weight is 552 g/mol. The Morgan fingerprint density at radius 1 is 1.13 bits per heavy atom. The monoisotopic (exact) mass is 551 g/mol. The molecule has 5 atom stereocenters. The van der Waals surface area contributed by atoms with Gasteiger partial charge in [-0.15, -0.1) is 0 Å². The lowest BCUT2D eigenvalue weighted by Crippen LogP contribution is -2.46. The van der Waals surface area contributed by atoms with Gasteiger partial charge in [-0.25, -0.2) is 4.39 Å². The number of hydrogen-bond acceptors (Lipinski definition) is 5. The first kappa shape index (κ1) is 28.8. The molecule has 2 heterocycles. The molecule has 4 rings (SSSR count). The Bertz CT molecular complexity index is 1330. The van der Waals surface area contributed by atoms with Crippen LogP contribution < -0.4 is 9.47 Å². The lowest BCUT2D eigenvalue weighted by molar-refractivity contribution is -0.275. The van der Waals surface area contributed by atoms with Crippen molar-refractivity contribution in [3.05, 3.63) is 88.2 Å². The van der Waals surface area contributed by atoms with Crippen molar-refractivity contribution in [1.82, 2.24) is 4.98 Å². The van der Waals surface area contributed by atoms with Crippen LogP contribution in [0.4, 0.5) is 22.0 Å². The van der Waals surface area contributed by atoms with Gasteiger partial charge in [-0.3, -0.25) is 4.98 Å². The van der Waals surface area contributed by atoms with Crippen LogP contribution in [0.15, 0.2) is 48.5 Å². The maximum absolute atomic E-state index is 14.7. The molecule has 0 radical (unpaired) electrons. The van der Waals surface area contributed by atoms with Crippen LogP contribution in [0.25, 0.3) is 0 Å². The van der Waals surface area contributed by atoms with E-state index in [0.29, 0.717) is 11.3 Å². The fourth-order valence-electron chi connectivity index (χ4n) is 5.25. The molecule has 1 aromatic heterocycles. The molecule has 210 valence electrons. The molecule has 3 aromatic rings. The van der Waals surface area contributed by atoms with E-state index < -0.39 is 53.2 Å². The van der Waals surface area contributed by atoms with Crippen LogP contribution in [-0.2, 0) is 11.3 Å². The molecule has 10 heteroatoms. The third kappa shape index (κ3) is 5.19. The zero-order chi connectivity index (χ0) is 28.7. The number of benzene rings is 2. The van der Waals surface area contributed by atoms with Gasteiger partial charge in [0.25, 0.3) is 0 Å². The quantitative estimate of drug-likeness (QED) is 0.317. The number of aliphatic hydroxyl groups is 1. The second-order valence-corrected chi connectivity index (χ2v) is 9.94. The molecule has 0 unspecified atom stereocenters. The maximum Gasteiger partial charge on any atom is 0.417 e. The van der Waals surface area contributed by atoms with Crippen molar-refractivity contribution < 1.29 is 41.3 Å². The third-order valence-corrected chi connectivity index (χ3v) is 7.49. The van der Waals surface area contributed by atoms with E-state index in [2.05, 4.69) is 4.98 Å². The van der Waals surface area contributed by atoms with Crippen LogP contribution in [0.3, 0.4) is 0 Å². The molecule has 0 aliphatic carbocycles. The van der Waals surface area contributed by atoms with Gasteiger partial charge in [-0.1, -0.05) is 43.3 Å². The summed E-state index contributed by atoms with van der Waals surface area (Å²) in [5, 5.41) is 10.4. The number of methoxy groups -OCH3 is 1. The minimum absolute atomic E-state index is 0.0210. The van der Waals surface area contributed by atoms with Crippen molar-refractivity contribution >= 4 is 0 Å².